The van der Waals surface area contributed by atoms with Crippen LogP contribution in [0.5, 0.6) is 17.4 Å². The Bertz CT molecular complexity index is 954. The van der Waals surface area contributed by atoms with Gasteiger partial charge in [-0.15, -0.1) is 0 Å². The second kappa shape index (κ2) is 9.45. The maximum Gasteiger partial charge on any atom is 0.232 e. The number of hydrogen-bond acceptors (Lipinski definition) is 8. The predicted octanol–water partition coefficient (Wildman–Crippen LogP) is 3.01. The van der Waals surface area contributed by atoms with Gasteiger partial charge in [-0.25, -0.2) is 9.97 Å². The fraction of sp³-hybridized carbons (Fsp3) is 0.381. The van der Waals surface area contributed by atoms with Crippen molar-refractivity contribution in [1.82, 2.24) is 25.5 Å². The monoisotopic (exact) mass is 410 g/mol. The minimum Gasteiger partial charge on any atom is -0.496 e. The maximum atomic E-state index is 6.20. The van der Waals surface area contributed by atoms with Crippen molar-refractivity contribution in [3.63, 3.8) is 0 Å². The molecule has 0 amide bonds. The van der Waals surface area contributed by atoms with Gasteiger partial charge in [0.1, 0.15) is 17.3 Å². The van der Waals surface area contributed by atoms with Gasteiger partial charge in [0.15, 0.2) is 5.82 Å². The molecule has 3 N–H and O–H groups in total. The Balaban J connectivity index is 1.53. The van der Waals surface area contributed by atoms with E-state index in [1.54, 1.807) is 26.6 Å². The van der Waals surface area contributed by atoms with Gasteiger partial charge in [0.05, 0.1) is 44.5 Å². The summed E-state index contributed by atoms with van der Waals surface area (Å²) in [4.78, 5) is 8.39. The van der Waals surface area contributed by atoms with Crippen molar-refractivity contribution in [2.24, 2.45) is 5.92 Å². The van der Waals surface area contributed by atoms with Crippen LogP contribution in [0.1, 0.15) is 12.8 Å². The molecule has 0 radical (unpaired) electrons. The Morgan fingerprint density at radius 1 is 1.10 bits per heavy atom. The van der Waals surface area contributed by atoms with Crippen LogP contribution in [0.3, 0.4) is 0 Å². The van der Waals surface area contributed by atoms with E-state index in [2.05, 4.69) is 30.8 Å². The van der Waals surface area contributed by atoms with Crippen molar-refractivity contribution in [2.45, 2.75) is 12.8 Å². The summed E-state index contributed by atoms with van der Waals surface area (Å²) >= 11 is 0. The van der Waals surface area contributed by atoms with Gasteiger partial charge in [0, 0.05) is 18.5 Å². The van der Waals surface area contributed by atoms with Crippen molar-refractivity contribution < 1.29 is 14.2 Å². The zero-order valence-electron chi connectivity index (χ0n) is 17.1. The van der Waals surface area contributed by atoms with E-state index < -0.39 is 0 Å². The molecule has 0 spiro atoms. The van der Waals surface area contributed by atoms with Gasteiger partial charge in [0.25, 0.3) is 0 Å². The molecule has 30 heavy (non-hydrogen) atoms. The summed E-state index contributed by atoms with van der Waals surface area (Å²) in [5, 5.41) is 14.0. The highest BCUT2D eigenvalue weighted by Crippen LogP contribution is 2.38. The summed E-state index contributed by atoms with van der Waals surface area (Å²) in [7, 11) is 3.20. The number of methoxy groups -OCH3 is 2. The second-order valence-electron chi connectivity index (χ2n) is 7.09. The van der Waals surface area contributed by atoms with E-state index in [0.29, 0.717) is 35.8 Å². The molecule has 0 aliphatic carbocycles. The molecule has 1 fully saturated rings. The average molecular weight is 410 g/mol. The number of hydrogen-bond donors (Lipinski definition) is 3. The van der Waals surface area contributed by atoms with E-state index in [9.17, 15) is 0 Å². The number of benzene rings is 1. The lowest BCUT2D eigenvalue weighted by Crippen LogP contribution is -2.33. The lowest BCUT2D eigenvalue weighted by Gasteiger charge is -2.23. The SMILES string of the molecule is COc1cnc(Nc2cc(-c3c(OC)cccc3OCC3CCCNC3)[nH]n2)cn1. The molecule has 2 aromatic heterocycles. The minimum atomic E-state index is 0.451. The van der Waals surface area contributed by atoms with Crippen molar-refractivity contribution in [1.29, 1.82) is 0 Å². The molecule has 0 saturated carbocycles. The molecule has 3 heterocycles. The highest BCUT2D eigenvalue weighted by Gasteiger charge is 2.18. The Morgan fingerprint density at radius 2 is 2.00 bits per heavy atom. The summed E-state index contributed by atoms with van der Waals surface area (Å²) in [5.74, 6) is 3.61. The number of piperidine rings is 1. The molecule has 9 nitrogen and oxygen atoms in total. The number of aromatic nitrogens is 4. The van der Waals surface area contributed by atoms with Gasteiger partial charge in [-0.2, -0.15) is 5.10 Å². The molecular formula is C21H26N6O3. The molecule has 0 bridgehead atoms. The highest BCUT2D eigenvalue weighted by molar-refractivity contribution is 5.76. The topological polar surface area (TPSA) is 106 Å². The number of rotatable bonds is 8. The van der Waals surface area contributed by atoms with Gasteiger partial charge in [0.2, 0.25) is 5.88 Å². The standard InChI is InChI=1S/C21H26N6O3/c1-28-16-6-3-7-17(30-13-14-5-4-8-22-10-14)21(16)15-9-18(27-26-15)25-19-11-24-20(29-2)12-23-19/h3,6-7,9,11-12,14,22H,4-5,8,10,13H2,1-2H3,(H2,23,25,26,27). The molecule has 3 aromatic rings. The van der Waals surface area contributed by atoms with Gasteiger partial charge in [-0.1, -0.05) is 6.07 Å². The van der Waals surface area contributed by atoms with E-state index in [4.69, 9.17) is 14.2 Å². The molecule has 158 valence electrons. The third-order valence-corrected chi connectivity index (χ3v) is 5.02. The van der Waals surface area contributed by atoms with Crippen LogP contribution in [0.4, 0.5) is 11.6 Å². The summed E-state index contributed by atoms with van der Waals surface area (Å²) in [6.45, 7) is 2.73. The second-order valence-corrected chi connectivity index (χ2v) is 7.09. The fourth-order valence-electron chi connectivity index (χ4n) is 3.47. The third-order valence-electron chi connectivity index (χ3n) is 5.02. The first kappa shape index (κ1) is 20.0. The molecule has 1 aliphatic heterocycles. The first-order valence-electron chi connectivity index (χ1n) is 9.96. The summed E-state index contributed by atoms with van der Waals surface area (Å²) < 4.78 is 16.8. The predicted molar refractivity (Wildman–Crippen MR) is 114 cm³/mol. The van der Waals surface area contributed by atoms with Gasteiger partial charge in [-0.05, 0) is 31.5 Å². The van der Waals surface area contributed by atoms with Crippen molar-refractivity contribution in [3.05, 3.63) is 36.7 Å². The molecular weight excluding hydrogens is 384 g/mol. The number of anilines is 2. The maximum absolute atomic E-state index is 6.20. The van der Waals surface area contributed by atoms with E-state index in [0.717, 1.165) is 30.1 Å². The van der Waals surface area contributed by atoms with E-state index >= 15 is 0 Å². The van der Waals surface area contributed by atoms with E-state index in [-0.39, 0.29) is 0 Å². The Labute approximate surface area is 175 Å². The lowest BCUT2D eigenvalue weighted by atomic mass is 10.0. The Morgan fingerprint density at radius 3 is 2.73 bits per heavy atom. The lowest BCUT2D eigenvalue weighted by molar-refractivity contribution is 0.218. The van der Waals surface area contributed by atoms with Crippen LogP contribution in [0, 0.1) is 5.92 Å². The molecule has 1 unspecified atom stereocenters. The zero-order valence-corrected chi connectivity index (χ0v) is 17.1. The Hall–Kier alpha value is -3.33. The molecule has 1 saturated heterocycles. The van der Waals surface area contributed by atoms with Crippen LogP contribution in [0.15, 0.2) is 36.7 Å². The van der Waals surface area contributed by atoms with Crippen LogP contribution < -0.4 is 24.8 Å². The summed E-state index contributed by atoms with van der Waals surface area (Å²) in [6.07, 6.45) is 5.49. The minimum absolute atomic E-state index is 0.451. The highest BCUT2D eigenvalue weighted by atomic mass is 16.5. The van der Waals surface area contributed by atoms with Crippen LogP contribution >= 0.6 is 0 Å². The quantitative estimate of drug-likeness (QED) is 0.520. The van der Waals surface area contributed by atoms with Crippen molar-refractivity contribution >= 4 is 11.6 Å². The largest absolute Gasteiger partial charge is 0.496 e. The van der Waals surface area contributed by atoms with Crippen LogP contribution in [0.2, 0.25) is 0 Å². The van der Waals surface area contributed by atoms with Gasteiger partial charge in [-0.3, -0.25) is 5.10 Å². The fourth-order valence-corrected chi connectivity index (χ4v) is 3.47. The summed E-state index contributed by atoms with van der Waals surface area (Å²) in [6, 6.07) is 7.68. The Kier molecular flexibility index (Phi) is 6.29. The average Bonchev–Trinajstić information content (AvgIpc) is 3.26. The number of nitrogens with zero attached hydrogens (tertiary/aromatic N) is 3. The molecule has 9 heteroatoms. The first-order chi connectivity index (χ1) is 14.8. The zero-order chi connectivity index (χ0) is 20.8. The van der Waals surface area contributed by atoms with Gasteiger partial charge >= 0.3 is 0 Å². The molecule has 1 aliphatic rings. The third kappa shape index (κ3) is 4.62. The number of nitrogens with one attached hydrogen (secondary N) is 3. The van der Waals surface area contributed by atoms with Crippen molar-refractivity contribution in [2.75, 3.05) is 39.2 Å². The molecule has 4 rings (SSSR count). The van der Waals surface area contributed by atoms with E-state index in [1.165, 1.54) is 12.8 Å². The summed E-state index contributed by atoms with van der Waals surface area (Å²) in [5.41, 5.74) is 1.62. The number of aromatic amines is 1. The smallest absolute Gasteiger partial charge is 0.232 e. The van der Waals surface area contributed by atoms with Crippen LogP contribution in [-0.4, -0.2) is 54.1 Å². The molecule has 1 aromatic carbocycles. The van der Waals surface area contributed by atoms with Crippen LogP contribution in [0.25, 0.3) is 11.3 Å². The number of ether oxygens (including phenoxy) is 3. The van der Waals surface area contributed by atoms with Crippen LogP contribution in [-0.2, 0) is 0 Å². The number of H-pyrrole nitrogens is 1. The first-order valence-corrected chi connectivity index (χ1v) is 9.96. The molecule has 1 atom stereocenters. The van der Waals surface area contributed by atoms with E-state index in [1.807, 2.05) is 24.3 Å². The normalized spacial score (nSPS) is 16.1. The van der Waals surface area contributed by atoms with Crippen molar-refractivity contribution in [3.8, 4) is 28.6 Å². The van der Waals surface area contributed by atoms with Gasteiger partial charge < -0.3 is 24.8 Å².